The first kappa shape index (κ1) is 13.0. The summed E-state index contributed by atoms with van der Waals surface area (Å²) in [6, 6.07) is 6.23. The second-order valence-electron chi connectivity index (χ2n) is 4.63. The molecule has 0 spiro atoms. The van der Waals surface area contributed by atoms with Crippen LogP contribution in [0.1, 0.15) is 18.0 Å². The standard InChI is InChI=1S/C13H17FN2O2/c14-11-3-1-2-9(6-11)12(7-15)16-5-4-10(8-16)13(17)18/h1-3,6,10,12H,4-5,7-8,15H2,(H,17,18)/t10-,12+/m1/s1. The first-order valence-electron chi connectivity index (χ1n) is 6.04. The Balaban J connectivity index is 2.13. The van der Waals surface area contributed by atoms with Crippen LogP contribution in [0, 0.1) is 11.7 Å². The maximum Gasteiger partial charge on any atom is 0.307 e. The molecule has 2 rings (SSSR count). The van der Waals surface area contributed by atoms with Crippen LogP contribution in [-0.4, -0.2) is 35.6 Å². The van der Waals surface area contributed by atoms with Gasteiger partial charge in [0.25, 0.3) is 0 Å². The second-order valence-corrected chi connectivity index (χ2v) is 4.63. The molecule has 1 fully saturated rings. The van der Waals surface area contributed by atoms with Crippen molar-refractivity contribution in [1.82, 2.24) is 4.90 Å². The van der Waals surface area contributed by atoms with Gasteiger partial charge in [0.05, 0.1) is 5.92 Å². The largest absolute Gasteiger partial charge is 0.481 e. The van der Waals surface area contributed by atoms with Crippen molar-refractivity contribution in [3.05, 3.63) is 35.6 Å². The lowest BCUT2D eigenvalue weighted by molar-refractivity contribution is -0.141. The van der Waals surface area contributed by atoms with E-state index >= 15 is 0 Å². The zero-order valence-corrected chi connectivity index (χ0v) is 10.1. The highest BCUT2D eigenvalue weighted by atomic mass is 19.1. The van der Waals surface area contributed by atoms with Gasteiger partial charge in [-0.25, -0.2) is 4.39 Å². The van der Waals surface area contributed by atoms with Crippen molar-refractivity contribution in [2.45, 2.75) is 12.5 Å². The second kappa shape index (κ2) is 5.46. The van der Waals surface area contributed by atoms with E-state index in [1.807, 2.05) is 11.0 Å². The number of benzene rings is 1. The molecule has 18 heavy (non-hydrogen) atoms. The normalized spacial score (nSPS) is 22.0. The van der Waals surface area contributed by atoms with Gasteiger partial charge in [-0.3, -0.25) is 9.69 Å². The van der Waals surface area contributed by atoms with Crippen LogP contribution in [0.2, 0.25) is 0 Å². The number of hydrogen-bond donors (Lipinski definition) is 2. The summed E-state index contributed by atoms with van der Waals surface area (Å²) in [5.74, 6) is -1.40. The molecule has 1 heterocycles. The molecule has 0 unspecified atom stereocenters. The number of nitrogens with zero attached hydrogens (tertiary/aromatic N) is 1. The molecule has 1 aromatic carbocycles. The molecule has 2 atom stereocenters. The number of nitrogens with two attached hydrogens (primary N) is 1. The van der Waals surface area contributed by atoms with Crippen LogP contribution in [0.3, 0.4) is 0 Å². The average molecular weight is 252 g/mol. The van der Waals surface area contributed by atoms with E-state index in [4.69, 9.17) is 10.8 Å². The van der Waals surface area contributed by atoms with Crippen molar-refractivity contribution in [1.29, 1.82) is 0 Å². The number of carbonyl (C=O) groups is 1. The third-order valence-electron chi connectivity index (χ3n) is 3.47. The fraction of sp³-hybridized carbons (Fsp3) is 0.462. The molecule has 98 valence electrons. The molecular weight excluding hydrogens is 235 g/mol. The molecule has 0 aromatic heterocycles. The van der Waals surface area contributed by atoms with Crippen molar-refractivity contribution in [3.63, 3.8) is 0 Å². The fourth-order valence-electron chi connectivity index (χ4n) is 2.48. The number of likely N-dealkylation sites (tertiary alicyclic amines) is 1. The summed E-state index contributed by atoms with van der Waals surface area (Å²) in [6.07, 6.45) is 0.626. The Bertz CT molecular complexity index is 439. The first-order valence-corrected chi connectivity index (χ1v) is 6.04. The van der Waals surface area contributed by atoms with Gasteiger partial charge in [0.15, 0.2) is 0 Å². The zero-order chi connectivity index (χ0) is 13.1. The van der Waals surface area contributed by atoms with E-state index in [0.717, 1.165) is 5.56 Å². The van der Waals surface area contributed by atoms with Gasteiger partial charge in [-0.2, -0.15) is 0 Å². The third kappa shape index (κ3) is 2.68. The summed E-state index contributed by atoms with van der Waals surface area (Å²) in [7, 11) is 0. The van der Waals surface area contributed by atoms with Crippen LogP contribution in [0.4, 0.5) is 4.39 Å². The lowest BCUT2D eigenvalue weighted by Crippen LogP contribution is -2.33. The molecule has 3 N–H and O–H groups in total. The lowest BCUT2D eigenvalue weighted by Gasteiger charge is -2.26. The van der Waals surface area contributed by atoms with Crippen molar-refractivity contribution in [2.24, 2.45) is 11.7 Å². The highest BCUT2D eigenvalue weighted by Gasteiger charge is 2.32. The van der Waals surface area contributed by atoms with Gasteiger partial charge >= 0.3 is 5.97 Å². The molecule has 0 amide bonds. The van der Waals surface area contributed by atoms with Gasteiger partial charge in [0, 0.05) is 19.1 Å². The van der Waals surface area contributed by atoms with Crippen molar-refractivity contribution in [2.75, 3.05) is 19.6 Å². The van der Waals surface area contributed by atoms with Crippen LogP contribution in [-0.2, 0) is 4.79 Å². The Hall–Kier alpha value is -1.46. The van der Waals surface area contributed by atoms with Crippen LogP contribution >= 0.6 is 0 Å². The Kier molecular flexibility index (Phi) is 3.93. The maximum atomic E-state index is 13.2. The molecule has 5 heteroatoms. The molecule has 1 aliphatic heterocycles. The molecule has 1 aromatic rings. The summed E-state index contributed by atoms with van der Waals surface area (Å²) >= 11 is 0. The van der Waals surface area contributed by atoms with E-state index < -0.39 is 5.97 Å². The predicted molar refractivity (Wildman–Crippen MR) is 65.5 cm³/mol. The Morgan fingerprint density at radius 1 is 1.61 bits per heavy atom. The van der Waals surface area contributed by atoms with Crippen LogP contribution in [0.15, 0.2) is 24.3 Å². The molecular formula is C13H17FN2O2. The monoisotopic (exact) mass is 252 g/mol. The summed E-state index contributed by atoms with van der Waals surface area (Å²) in [4.78, 5) is 13.0. The number of aliphatic carboxylic acids is 1. The van der Waals surface area contributed by atoms with Gasteiger partial charge in [0.2, 0.25) is 0 Å². The number of carboxylic acid groups (broad SMARTS) is 1. The molecule has 0 bridgehead atoms. The molecule has 1 aliphatic rings. The van der Waals surface area contributed by atoms with Gasteiger partial charge in [-0.05, 0) is 30.7 Å². The summed E-state index contributed by atoms with van der Waals surface area (Å²) < 4.78 is 13.2. The van der Waals surface area contributed by atoms with Gasteiger partial charge in [-0.1, -0.05) is 12.1 Å². The maximum absolute atomic E-state index is 13.2. The van der Waals surface area contributed by atoms with Crippen LogP contribution in [0.25, 0.3) is 0 Å². The molecule has 4 nitrogen and oxygen atoms in total. The summed E-state index contributed by atoms with van der Waals surface area (Å²) in [5.41, 5.74) is 6.55. The van der Waals surface area contributed by atoms with Crippen LogP contribution < -0.4 is 5.73 Å². The van der Waals surface area contributed by atoms with E-state index in [2.05, 4.69) is 0 Å². The van der Waals surface area contributed by atoms with E-state index in [-0.39, 0.29) is 17.8 Å². The fourth-order valence-corrected chi connectivity index (χ4v) is 2.48. The van der Waals surface area contributed by atoms with Crippen molar-refractivity contribution >= 4 is 5.97 Å². The number of carboxylic acids is 1. The first-order chi connectivity index (χ1) is 8.61. The van der Waals surface area contributed by atoms with Gasteiger partial charge in [0.1, 0.15) is 5.82 Å². The summed E-state index contributed by atoms with van der Waals surface area (Å²) in [5, 5.41) is 8.98. The average Bonchev–Trinajstić information content (AvgIpc) is 2.80. The highest BCUT2D eigenvalue weighted by molar-refractivity contribution is 5.70. The van der Waals surface area contributed by atoms with Crippen LogP contribution in [0.5, 0.6) is 0 Å². The van der Waals surface area contributed by atoms with E-state index in [1.165, 1.54) is 12.1 Å². The number of hydrogen-bond acceptors (Lipinski definition) is 3. The number of rotatable bonds is 4. The van der Waals surface area contributed by atoms with Gasteiger partial charge < -0.3 is 10.8 Å². The Morgan fingerprint density at radius 3 is 2.94 bits per heavy atom. The SMILES string of the molecule is NC[C@@H](c1cccc(F)c1)N1CC[C@@H](C(=O)O)C1. The topological polar surface area (TPSA) is 66.6 Å². The number of halogens is 1. The quantitative estimate of drug-likeness (QED) is 0.846. The van der Waals surface area contributed by atoms with Crippen molar-refractivity contribution < 1.29 is 14.3 Å². The summed E-state index contributed by atoms with van der Waals surface area (Å²) in [6.45, 7) is 1.53. The minimum absolute atomic E-state index is 0.106. The minimum Gasteiger partial charge on any atom is -0.481 e. The molecule has 0 radical (unpaired) electrons. The minimum atomic E-state index is -0.771. The Morgan fingerprint density at radius 2 is 2.39 bits per heavy atom. The van der Waals surface area contributed by atoms with E-state index in [9.17, 15) is 9.18 Å². The van der Waals surface area contributed by atoms with Gasteiger partial charge in [-0.15, -0.1) is 0 Å². The predicted octanol–water partition coefficient (Wildman–Crippen LogP) is 1.23. The highest BCUT2D eigenvalue weighted by Crippen LogP contribution is 2.27. The lowest BCUT2D eigenvalue weighted by atomic mass is 10.1. The third-order valence-corrected chi connectivity index (χ3v) is 3.47. The molecule has 0 saturated carbocycles. The Labute approximate surface area is 105 Å². The smallest absolute Gasteiger partial charge is 0.307 e. The molecule has 1 saturated heterocycles. The zero-order valence-electron chi connectivity index (χ0n) is 10.1. The molecule has 0 aliphatic carbocycles. The van der Waals surface area contributed by atoms with Crippen molar-refractivity contribution in [3.8, 4) is 0 Å². The van der Waals surface area contributed by atoms with E-state index in [0.29, 0.717) is 26.1 Å². The van der Waals surface area contributed by atoms with E-state index in [1.54, 1.807) is 6.07 Å².